The summed E-state index contributed by atoms with van der Waals surface area (Å²) < 4.78 is 1.73. The summed E-state index contributed by atoms with van der Waals surface area (Å²) in [6.45, 7) is 0. The number of fused-ring (bicyclic) bond motifs is 1. The molecule has 0 spiro atoms. The zero-order valence-electron chi connectivity index (χ0n) is 11.3. The molecule has 22 heavy (non-hydrogen) atoms. The molecule has 1 amide bonds. The molecule has 0 atom stereocenters. The number of H-pyrrole nitrogens is 1. The van der Waals surface area contributed by atoms with E-state index in [4.69, 9.17) is 0 Å². The number of carbonyl (C=O) groups excluding carboxylic acids is 1. The number of amides is 1. The number of benzene rings is 2. The second-order valence-corrected chi connectivity index (χ2v) is 6.38. The lowest BCUT2D eigenvalue weighted by atomic mass is 10.2. The van der Waals surface area contributed by atoms with Crippen LogP contribution < -0.4 is 5.43 Å². The van der Waals surface area contributed by atoms with Gasteiger partial charge in [-0.1, -0.05) is 28.1 Å². The highest BCUT2D eigenvalue weighted by Gasteiger charge is 2.07. The second kappa shape index (κ2) is 6.46. The van der Waals surface area contributed by atoms with Crippen LogP contribution in [0.1, 0.15) is 15.9 Å². The molecule has 0 fully saturated rings. The first kappa shape index (κ1) is 15.0. The van der Waals surface area contributed by atoms with Crippen molar-refractivity contribution in [1.82, 2.24) is 10.4 Å². The van der Waals surface area contributed by atoms with Gasteiger partial charge in [-0.15, -0.1) is 0 Å². The second-order valence-electron chi connectivity index (χ2n) is 4.61. The molecule has 3 rings (SSSR count). The molecule has 0 saturated heterocycles. The van der Waals surface area contributed by atoms with Crippen LogP contribution in [-0.4, -0.2) is 17.1 Å². The fraction of sp³-hybridized carbons (Fsp3) is 0. The number of aromatic amines is 1. The van der Waals surface area contributed by atoms with E-state index in [0.29, 0.717) is 5.56 Å². The molecule has 1 aromatic heterocycles. The Hall–Kier alpha value is -1.92. The van der Waals surface area contributed by atoms with Gasteiger partial charge in [0.25, 0.3) is 5.91 Å². The molecule has 0 radical (unpaired) electrons. The Morgan fingerprint density at radius 3 is 2.82 bits per heavy atom. The van der Waals surface area contributed by atoms with Crippen molar-refractivity contribution in [3.63, 3.8) is 0 Å². The number of hydrogen-bond acceptors (Lipinski definition) is 2. The van der Waals surface area contributed by atoms with Crippen molar-refractivity contribution in [3.05, 3.63) is 68.7 Å². The largest absolute Gasteiger partial charge is 0.361 e. The van der Waals surface area contributed by atoms with Gasteiger partial charge in [0.1, 0.15) is 0 Å². The molecule has 0 saturated carbocycles. The topological polar surface area (TPSA) is 57.2 Å². The van der Waals surface area contributed by atoms with Gasteiger partial charge < -0.3 is 4.98 Å². The third-order valence-corrected chi connectivity index (χ3v) is 4.35. The number of hydrazone groups is 1. The molecule has 2 N–H and O–H groups in total. The summed E-state index contributed by atoms with van der Waals surface area (Å²) in [5, 5.41) is 5.07. The van der Waals surface area contributed by atoms with Crippen LogP contribution in [0.4, 0.5) is 0 Å². The first-order valence-corrected chi connectivity index (χ1v) is 8.08. The standard InChI is InChI=1S/C16H11Br2N3O/c17-11-5-6-15-13(7-11)10(8-19-15)9-20-21-16(22)12-3-1-2-4-14(12)18/h1-9,19H,(H,21,22). The van der Waals surface area contributed by atoms with Crippen molar-refractivity contribution in [3.8, 4) is 0 Å². The van der Waals surface area contributed by atoms with Gasteiger partial charge in [-0.3, -0.25) is 4.79 Å². The van der Waals surface area contributed by atoms with Gasteiger partial charge in [0, 0.05) is 31.6 Å². The van der Waals surface area contributed by atoms with Crippen molar-refractivity contribution in [2.24, 2.45) is 5.10 Å². The van der Waals surface area contributed by atoms with Crippen molar-refractivity contribution < 1.29 is 4.79 Å². The van der Waals surface area contributed by atoms with Crippen LogP contribution in [-0.2, 0) is 0 Å². The van der Waals surface area contributed by atoms with E-state index in [9.17, 15) is 4.79 Å². The van der Waals surface area contributed by atoms with Crippen molar-refractivity contribution in [2.45, 2.75) is 0 Å². The minimum absolute atomic E-state index is 0.259. The lowest BCUT2D eigenvalue weighted by molar-refractivity contribution is 0.0954. The van der Waals surface area contributed by atoms with E-state index in [1.165, 1.54) is 0 Å². The fourth-order valence-electron chi connectivity index (χ4n) is 2.09. The molecule has 0 bridgehead atoms. The highest BCUT2D eigenvalue weighted by Crippen LogP contribution is 2.21. The molecule has 0 aliphatic rings. The van der Waals surface area contributed by atoms with Gasteiger partial charge in [-0.2, -0.15) is 5.10 Å². The average molecular weight is 421 g/mol. The van der Waals surface area contributed by atoms with E-state index in [1.54, 1.807) is 18.3 Å². The molecule has 3 aromatic rings. The number of rotatable bonds is 3. The van der Waals surface area contributed by atoms with Gasteiger partial charge in [-0.05, 0) is 46.3 Å². The van der Waals surface area contributed by atoms with Crippen LogP contribution in [0.25, 0.3) is 10.9 Å². The Morgan fingerprint density at radius 1 is 1.18 bits per heavy atom. The minimum Gasteiger partial charge on any atom is -0.361 e. The number of halogens is 2. The molecule has 2 aromatic carbocycles. The van der Waals surface area contributed by atoms with Crippen LogP contribution in [0.3, 0.4) is 0 Å². The van der Waals surface area contributed by atoms with Crippen LogP contribution >= 0.6 is 31.9 Å². The smallest absolute Gasteiger partial charge is 0.272 e. The first-order valence-electron chi connectivity index (χ1n) is 6.50. The fourth-order valence-corrected chi connectivity index (χ4v) is 2.91. The number of nitrogens with zero attached hydrogens (tertiary/aromatic N) is 1. The Balaban J connectivity index is 1.78. The minimum atomic E-state index is -0.259. The summed E-state index contributed by atoms with van der Waals surface area (Å²) in [5.41, 5.74) is 5.00. The zero-order chi connectivity index (χ0) is 15.5. The monoisotopic (exact) mass is 419 g/mol. The van der Waals surface area contributed by atoms with Crippen molar-refractivity contribution >= 4 is 54.9 Å². The van der Waals surface area contributed by atoms with E-state index in [0.717, 1.165) is 25.4 Å². The summed E-state index contributed by atoms with van der Waals surface area (Å²) >= 11 is 6.79. The summed E-state index contributed by atoms with van der Waals surface area (Å²) in [5.74, 6) is -0.259. The van der Waals surface area contributed by atoms with Crippen LogP contribution in [0.2, 0.25) is 0 Å². The molecular formula is C16H11Br2N3O. The third kappa shape index (κ3) is 3.13. The Kier molecular flexibility index (Phi) is 4.40. The SMILES string of the molecule is O=C(NN=Cc1c[nH]c2ccc(Br)cc12)c1ccccc1Br. The van der Waals surface area contributed by atoms with E-state index >= 15 is 0 Å². The number of hydrogen-bond donors (Lipinski definition) is 2. The van der Waals surface area contributed by atoms with Crippen LogP contribution in [0, 0.1) is 0 Å². The lowest BCUT2D eigenvalue weighted by Crippen LogP contribution is -2.17. The van der Waals surface area contributed by atoms with Crippen molar-refractivity contribution in [2.75, 3.05) is 0 Å². The number of nitrogens with one attached hydrogen (secondary N) is 2. The van der Waals surface area contributed by atoms with Crippen LogP contribution in [0.15, 0.2) is 62.7 Å². The maximum Gasteiger partial charge on any atom is 0.272 e. The summed E-state index contributed by atoms with van der Waals surface area (Å²) in [7, 11) is 0. The number of carbonyl (C=O) groups is 1. The predicted molar refractivity (Wildman–Crippen MR) is 95.2 cm³/mol. The van der Waals surface area contributed by atoms with Crippen LogP contribution in [0.5, 0.6) is 0 Å². The molecule has 1 heterocycles. The predicted octanol–water partition coefficient (Wildman–Crippen LogP) is 4.46. The Bertz CT molecular complexity index is 871. The average Bonchev–Trinajstić information content (AvgIpc) is 2.90. The highest BCUT2D eigenvalue weighted by atomic mass is 79.9. The van der Waals surface area contributed by atoms with Gasteiger partial charge in [0.2, 0.25) is 0 Å². The van der Waals surface area contributed by atoms with Gasteiger partial charge in [0.15, 0.2) is 0 Å². The number of aromatic nitrogens is 1. The first-order chi connectivity index (χ1) is 10.6. The normalized spacial score (nSPS) is 11.2. The Labute approximate surface area is 143 Å². The molecule has 6 heteroatoms. The van der Waals surface area contributed by atoms with E-state index in [2.05, 4.69) is 47.4 Å². The molecule has 0 aliphatic heterocycles. The lowest BCUT2D eigenvalue weighted by Gasteiger charge is -2.01. The highest BCUT2D eigenvalue weighted by molar-refractivity contribution is 9.10. The zero-order valence-corrected chi connectivity index (χ0v) is 14.5. The van der Waals surface area contributed by atoms with E-state index in [1.807, 2.05) is 36.5 Å². The van der Waals surface area contributed by atoms with E-state index < -0.39 is 0 Å². The van der Waals surface area contributed by atoms with E-state index in [-0.39, 0.29) is 5.91 Å². The quantitative estimate of drug-likeness (QED) is 0.477. The van der Waals surface area contributed by atoms with Gasteiger partial charge in [-0.25, -0.2) is 5.43 Å². The van der Waals surface area contributed by atoms with Gasteiger partial charge >= 0.3 is 0 Å². The van der Waals surface area contributed by atoms with Crippen molar-refractivity contribution in [1.29, 1.82) is 0 Å². The maximum atomic E-state index is 12.0. The maximum absolute atomic E-state index is 12.0. The molecule has 0 unspecified atom stereocenters. The molecule has 110 valence electrons. The molecule has 0 aliphatic carbocycles. The van der Waals surface area contributed by atoms with Gasteiger partial charge in [0.05, 0.1) is 11.8 Å². The summed E-state index contributed by atoms with van der Waals surface area (Å²) in [6.07, 6.45) is 3.48. The summed E-state index contributed by atoms with van der Waals surface area (Å²) in [6, 6.07) is 13.2. The molecular weight excluding hydrogens is 410 g/mol. The Morgan fingerprint density at radius 2 is 2.00 bits per heavy atom. The third-order valence-electron chi connectivity index (χ3n) is 3.16. The molecule has 4 nitrogen and oxygen atoms in total. The summed E-state index contributed by atoms with van der Waals surface area (Å²) in [4.78, 5) is 15.2.